The van der Waals surface area contributed by atoms with Gasteiger partial charge in [0.1, 0.15) is 11.6 Å². The number of ketones is 1. The first-order valence-corrected chi connectivity index (χ1v) is 6.45. The highest BCUT2D eigenvalue weighted by atomic mass is 35.5. The van der Waals surface area contributed by atoms with Gasteiger partial charge in [0.25, 0.3) is 0 Å². The van der Waals surface area contributed by atoms with E-state index in [1.807, 2.05) is 44.1 Å². The molecule has 4 heteroatoms. The number of Topliss-reactive ketones (excluding diaryl/α,β-unsaturated/α-hetero) is 1. The lowest BCUT2D eigenvalue weighted by molar-refractivity contribution is -0.143. The van der Waals surface area contributed by atoms with Crippen molar-refractivity contribution >= 4 is 18.2 Å². The van der Waals surface area contributed by atoms with Crippen molar-refractivity contribution in [3.63, 3.8) is 0 Å². The molecule has 1 fully saturated rings. The van der Waals surface area contributed by atoms with Crippen molar-refractivity contribution in [3.8, 4) is 0 Å². The highest BCUT2D eigenvalue weighted by Gasteiger charge is 2.47. The van der Waals surface area contributed by atoms with Crippen molar-refractivity contribution in [2.45, 2.75) is 37.8 Å². The van der Waals surface area contributed by atoms with Gasteiger partial charge >= 0.3 is 0 Å². The van der Waals surface area contributed by atoms with Crippen LogP contribution in [0.3, 0.4) is 0 Å². The summed E-state index contributed by atoms with van der Waals surface area (Å²) in [5, 5.41) is 9.92. The van der Waals surface area contributed by atoms with Gasteiger partial charge in [-0.15, -0.1) is 12.4 Å². The van der Waals surface area contributed by atoms with Crippen LogP contribution in [0.25, 0.3) is 0 Å². The van der Waals surface area contributed by atoms with Gasteiger partial charge in [0.2, 0.25) is 0 Å². The summed E-state index contributed by atoms with van der Waals surface area (Å²) < 4.78 is 0. The molecule has 1 N–H and O–H groups in total. The fourth-order valence-electron chi connectivity index (χ4n) is 2.97. The molecule has 0 aromatic heterocycles. The monoisotopic (exact) mass is 283 g/mol. The molecular weight excluding hydrogens is 262 g/mol. The molecule has 1 aromatic carbocycles. The molecule has 0 aliphatic heterocycles. The minimum Gasteiger partial charge on any atom is -0.385 e. The molecule has 3 nitrogen and oxygen atoms in total. The first-order chi connectivity index (χ1) is 8.48. The lowest BCUT2D eigenvalue weighted by Gasteiger charge is -2.43. The van der Waals surface area contributed by atoms with Crippen molar-refractivity contribution in [2.75, 3.05) is 14.1 Å². The number of benzene rings is 1. The Labute approximate surface area is 121 Å². The Kier molecular flexibility index (Phi) is 5.13. The molecule has 0 radical (unpaired) electrons. The number of nitrogens with zero attached hydrogens (tertiary/aromatic N) is 1. The number of aliphatic hydroxyl groups is 1. The predicted molar refractivity (Wildman–Crippen MR) is 78.7 cm³/mol. The van der Waals surface area contributed by atoms with Gasteiger partial charge in [-0.2, -0.15) is 0 Å². The van der Waals surface area contributed by atoms with Gasteiger partial charge in [0.15, 0.2) is 5.78 Å². The van der Waals surface area contributed by atoms with Gasteiger partial charge in [-0.25, -0.2) is 0 Å². The molecule has 0 heterocycles. The van der Waals surface area contributed by atoms with Crippen LogP contribution in [0.2, 0.25) is 0 Å². The van der Waals surface area contributed by atoms with Gasteiger partial charge in [-0.05, 0) is 45.8 Å². The van der Waals surface area contributed by atoms with E-state index in [0.717, 1.165) is 24.0 Å². The van der Waals surface area contributed by atoms with Crippen LogP contribution in [0.1, 0.15) is 30.4 Å². The van der Waals surface area contributed by atoms with Crippen LogP contribution < -0.4 is 0 Å². The fourth-order valence-corrected chi connectivity index (χ4v) is 2.97. The van der Waals surface area contributed by atoms with Gasteiger partial charge in [-0.3, -0.25) is 9.69 Å². The Bertz CT molecular complexity index is 461. The largest absolute Gasteiger partial charge is 0.385 e. The van der Waals surface area contributed by atoms with E-state index in [2.05, 4.69) is 6.07 Å². The maximum absolute atomic E-state index is 12.5. The summed E-state index contributed by atoms with van der Waals surface area (Å²) >= 11 is 0. The smallest absolute Gasteiger partial charge is 0.185 e. The molecule has 0 saturated heterocycles. The van der Waals surface area contributed by atoms with E-state index in [0.29, 0.717) is 6.42 Å². The number of aliphatic hydroxyl groups excluding tert-OH is 1. The number of hydrogen-bond acceptors (Lipinski definition) is 3. The maximum Gasteiger partial charge on any atom is 0.185 e. The summed E-state index contributed by atoms with van der Waals surface area (Å²) in [6, 6.07) is 8.04. The fraction of sp³-hybridized carbons (Fsp3) is 0.533. The van der Waals surface area contributed by atoms with Gasteiger partial charge in [-0.1, -0.05) is 29.8 Å². The van der Waals surface area contributed by atoms with E-state index in [1.54, 1.807) is 0 Å². The number of hydrogen-bond donors (Lipinski definition) is 1. The van der Waals surface area contributed by atoms with Crippen LogP contribution in [0.4, 0.5) is 0 Å². The molecular formula is C15H22ClNO2. The normalized spacial score (nSPS) is 27.2. The van der Waals surface area contributed by atoms with Crippen molar-refractivity contribution in [3.05, 3.63) is 35.4 Å². The summed E-state index contributed by atoms with van der Waals surface area (Å²) in [4.78, 5) is 14.5. The summed E-state index contributed by atoms with van der Waals surface area (Å²) in [6.45, 7) is 2.02. The van der Waals surface area contributed by atoms with E-state index >= 15 is 0 Å². The van der Waals surface area contributed by atoms with Crippen LogP contribution in [0.15, 0.2) is 24.3 Å². The third kappa shape index (κ3) is 2.69. The summed E-state index contributed by atoms with van der Waals surface area (Å²) in [6.07, 6.45) is 1.40. The molecule has 2 unspecified atom stereocenters. The second kappa shape index (κ2) is 6.04. The molecule has 2 rings (SSSR count). The van der Waals surface area contributed by atoms with E-state index in [-0.39, 0.29) is 18.2 Å². The first-order valence-electron chi connectivity index (χ1n) is 6.45. The molecule has 1 saturated carbocycles. The van der Waals surface area contributed by atoms with Crippen LogP contribution in [0.5, 0.6) is 0 Å². The van der Waals surface area contributed by atoms with Crippen LogP contribution in [-0.2, 0) is 10.3 Å². The number of aryl methyl sites for hydroxylation is 1. The number of halogens is 1. The zero-order valence-electron chi connectivity index (χ0n) is 11.7. The Hall–Kier alpha value is -0.900. The minimum absolute atomic E-state index is 0. The Morgan fingerprint density at radius 3 is 2.63 bits per heavy atom. The molecule has 0 bridgehead atoms. The number of likely N-dealkylation sites (N-methyl/N-ethyl adjacent to an activating group) is 1. The zero-order chi connectivity index (χ0) is 13.3. The molecule has 1 aliphatic carbocycles. The molecule has 0 spiro atoms. The van der Waals surface area contributed by atoms with Crippen LogP contribution in [-0.4, -0.2) is 36.0 Å². The highest BCUT2D eigenvalue weighted by Crippen LogP contribution is 2.38. The summed E-state index contributed by atoms with van der Waals surface area (Å²) in [5.41, 5.74) is 1.47. The van der Waals surface area contributed by atoms with E-state index < -0.39 is 11.6 Å². The number of carbonyl (C=O) groups is 1. The van der Waals surface area contributed by atoms with E-state index in [1.165, 1.54) is 0 Å². The molecule has 1 aromatic rings. The van der Waals surface area contributed by atoms with Crippen molar-refractivity contribution in [2.24, 2.45) is 0 Å². The first kappa shape index (κ1) is 16.2. The van der Waals surface area contributed by atoms with Crippen LogP contribution in [0, 0.1) is 6.92 Å². The lowest BCUT2D eigenvalue weighted by atomic mass is 9.73. The van der Waals surface area contributed by atoms with Crippen molar-refractivity contribution < 1.29 is 9.90 Å². The third-order valence-corrected chi connectivity index (χ3v) is 3.99. The number of rotatable bonds is 2. The minimum atomic E-state index is -0.832. The van der Waals surface area contributed by atoms with Crippen LogP contribution >= 0.6 is 12.4 Å². The predicted octanol–water partition coefficient (Wildman–Crippen LogP) is 2.29. The van der Waals surface area contributed by atoms with Gasteiger partial charge in [0, 0.05) is 0 Å². The van der Waals surface area contributed by atoms with Gasteiger partial charge in [0.05, 0.1) is 0 Å². The zero-order valence-corrected chi connectivity index (χ0v) is 12.5. The second-order valence-electron chi connectivity index (χ2n) is 5.40. The molecule has 0 amide bonds. The molecule has 19 heavy (non-hydrogen) atoms. The quantitative estimate of drug-likeness (QED) is 0.905. The average Bonchev–Trinajstić information content (AvgIpc) is 2.32. The number of carbonyl (C=O) groups excluding carboxylic acids is 1. The average molecular weight is 284 g/mol. The highest BCUT2D eigenvalue weighted by molar-refractivity contribution is 5.93. The Morgan fingerprint density at radius 2 is 2.05 bits per heavy atom. The van der Waals surface area contributed by atoms with E-state index in [9.17, 15) is 9.90 Å². The summed E-state index contributed by atoms with van der Waals surface area (Å²) in [5.74, 6) is -0.0654. The van der Waals surface area contributed by atoms with Gasteiger partial charge < -0.3 is 5.11 Å². The van der Waals surface area contributed by atoms with Crippen molar-refractivity contribution in [1.29, 1.82) is 0 Å². The second-order valence-corrected chi connectivity index (χ2v) is 5.40. The standard InChI is InChI=1S/C15H21NO2.ClH/c1-11-6-4-7-12(10-11)15(16(2)3)9-5-8-13(17)14(15)18;/h4,6-7,10,13,17H,5,8-9H2,1-3H3;1H. The molecule has 1 aliphatic rings. The third-order valence-electron chi connectivity index (χ3n) is 3.99. The topological polar surface area (TPSA) is 40.5 Å². The SMILES string of the molecule is Cc1cccc(C2(N(C)C)CCCC(O)C2=O)c1.Cl. The molecule has 106 valence electrons. The maximum atomic E-state index is 12.5. The molecule has 2 atom stereocenters. The van der Waals surface area contributed by atoms with E-state index in [4.69, 9.17) is 0 Å². The van der Waals surface area contributed by atoms with Crippen molar-refractivity contribution in [1.82, 2.24) is 4.90 Å². The Balaban J connectivity index is 0.00000180. The lowest BCUT2D eigenvalue weighted by Crippen LogP contribution is -2.54. The summed E-state index contributed by atoms with van der Waals surface area (Å²) in [7, 11) is 3.83. The Morgan fingerprint density at radius 1 is 1.37 bits per heavy atom.